The van der Waals surface area contributed by atoms with Gasteiger partial charge in [0.25, 0.3) is 0 Å². The monoisotopic (exact) mass is 338 g/mol. The van der Waals surface area contributed by atoms with Gasteiger partial charge in [0.2, 0.25) is 5.91 Å². The van der Waals surface area contributed by atoms with E-state index in [9.17, 15) is 9.18 Å². The number of nitrogens with one attached hydrogen (secondary N) is 1. The molecule has 1 aromatic carbocycles. The Balaban J connectivity index is 0.00000225. The van der Waals surface area contributed by atoms with E-state index in [4.69, 9.17) is 11.5 Å². The van der Waals surface area contributed by atoms with E-state index in [0.29, 0.717) is 5.69 Å². The molecular formula is C9H12FIN4O. The lowest BCUT2D eigenvalue weighted by molar-refractivity contribution is -0.114. The molecule has 0 aromatic heterocycles. The number of guanidine groups is 1. The number of benzene rings is 1. The van der Waals surface area contributed by atoms with Crippen molar-refractivity contribution in [3.8, 4) is 0 Å². The van der Waals surface area contributed by atoms with Crippen LogP contribution in [0.25, 0.3) is 0 Å². The number of amides is 1. The Hall–Kier alpha value is -1.38. The molecule has 0 bridgehead atoms. The third-order valence-corrected chi connectivity index (χ3v) is 1.53. The normalized spacial score (nSPS) is 8.81. The number of halogens is 2. The lowest BCUT2D eigenvalue weighted by atomic mass is 10.3. The first kappa shape index (κ1) is 14.6. The van der Waals surface area contributed by atoms with Gasteiger partial charge < -0.3 is 16.8 Å². The lowest BCUT2D eigenvalue weighted by Gasteiger charge is -2.02. The van der Waals surface area contributed by atoms with Crippen LogP contribution in [0, 0.1) is 5.82 Å². The van der Waals surface area contributed by atoms with Crippen molar-refractivity contribution >= 4 is 41.5 Å². The summed E-state index contributed by atoms with van der Waals surface area (Å²) in [5, 5.41) is 2.50. The van der Waals surface area contributed by atoms with Crippen LogP contribution in [0.5, 0.6) is 0 Å². The van der Waals surface area contributed by atoms with E-state index in [0.717, 1.165) is 0 Å². The van der Waals surface area contributed by atoms with Gasteiger partial charge in [-0.15, -0.1) is 24.0 Å². The number of nitrogens with two attached hydrogens (primary N) is 2. The number of hydrogen-bond donors (Lipinski definition) is 3. The van der Waals surface area contributed by atoms with E-state index in [2.05, 4.69) is 10.3 Å². The molecule has 0 spiro atoms. The molecule has 0 heterocycles. The Morgan fingerprint density at radius 1 is 1.31 bits per heavy atom. The third-order valence-electron chi connectivity index (χ3n) is 1.53. The lowest BCUT2D eigenvalue weighted by Crippen LogP contribution is -2.25. The van der Waals surface area contributed by atoms with Crippen molar-refractivity contribution < 1.29 is 9.18 Å². The summed E-state index contributed by atoms with van der Waals surface area (Å²) in [5.74, 6) is -0.878. The first-order valence-corrected chi connectivity index (χ1v) is 4.19. The average Bonchev–Trinajstić information content (AvgIpc) is 2.19. The molecule has 16 heavy (non-hydrogen) atoms. The number of hydrogen-bond acceptors (Lipinski definition) is 2. The standard InChI is InChI=1S/C9H11FN4O.HI/c10-6-1-3-7(4-2-6)14-8(15)5-13-9(11)12;/h1-4H,5H2,(H,14,15)(H4,11,12,13);1H. The molecule has 0 saturated heterocycles. The predicted octanol–water partition coefficient (Wildman–Crippen LogP) is 0.656. The number of carbonyl (C=O) groups excluding carboxylic acids is 1. The Morgan fingerprint density at radius 3 is 2.38 bits per heavy atom. The molecule has 0 atom stereocenters. The topological polar surface area (TPSA) is 93.5 Å². The molecule has 0 saturated carbocycles. The largest absolute Gasteiger partial charge is 0.370 e. The van der Waals surface area contributed by atoms with Crippen LogP contribution in [0.3, 0.4) is 0 Å². The van der Waals surface area contributed by atoms with E-state index in [1.165, 1.54) is 24.3 Å². The summed E-state index contributed by atoms with van der Waals surface area (Å²) < 4.78 is 12.5. The van der Waals surface area contributed by atoms with Crippen molar-refractivity contribution in [1.29, 1.82) is 0 Å². The number of rotatable bonds is 3. The zero-order valence-corrected chi connectivity index (χ0v) is 10.6. The molecule has 0 fully saturated rings. The smallest absolute Gasteiger partial charge is 0.246 e. The maximum Gasteiger partial charge on any atom is 0.246 e. The highest BCUT2D eigenvalue weighted by Gasteiger charge is 2.00. The maximum atomic E-state index is 12.5. The van der Waals surface area contributed by atoms with E-state index in [-0.39, 0.29) is 48.2 Å². The van der Waals surface area contributed by atoms with Gasteiger partial charge in [-0.05, 0) is 24.3 Å². The molecule has 0 aliphatic heterocycles. The van der Waals surface area contributed by atoms with Gasteiger partial charge in [-0.25, -0.2) is 9.38 Å². The van der Waals surface area contributed by atoms with Gasteiger partial charge in [-0.3, -0.25) is 4.79 Å². The summed E-state index contributed by atoms with van der Waals surface area (Å²) in [6.07, 6.45) is 0. The van der Waals surface area contributed by atoms with Crippen LogP contribution in [0.4, 0.5) is 10.1 Å². The second kappa shape index (κ2) is 6.99. The fourth-order valence-corrected chi connectivity index (χ4v) is 0.897. The first-order valence-electron chi connectivity index (χ1n) is 4.19. The van der Waals surface area contributed by atoms with Crippen molar-refractivity contribution in [3.05, 3.63) is 30.1 Å². The van der Waals surface area contributed by atoms with Gasteiger partial charge in [-0.2, -0.15) is 0 Å². The van der Waals surface area contributed by atoms with Gasteiger partial charge in [0.05, 0.1) is 0 Å². The van der Waals surface area contributed by atoms with Crippen molar-refractivity contribution in [2.75, 3.05) is 11.9 Å². The van der Waals surface area contributed by atoms with Crippen LogP contribution in [0.1, 0.15) is 0 Å². The number of anilines is 1. The minimum atomic E-state index is -0.366. The molecule has 0 unspecified atom stereocenters. The highest BCUT2D eigenvalue weighted by atomic mass is 127. The van der Waals surface area contributed by atoms with Crippen LogP contribution in [-0.4, -0.2) is 18.4 Å². The summed E-state index contributed by atoms with van der Waals surface area (Å²) in [7, 11) is 0. The van der Waals surface area contributed by atoms with Crippen LogP contribution < -0.4 is 16.8 Å². The molecule has 1 aromatic rings. The van der Waals surface area contributed by atoms with E-state index in [1.54, 1.807) is 0 Å². The second-order valence-corrected chi connectivity index (χ2v) is 2.80. The van der Waals surface area contributed by atoms with Crippen molar-refractivity contribution in [1.82, 2.24) is 0 Å². The molecular weight excluding hydrogens is 326 g/mol. The highest BCUT2D eigenvalue weighted by Crippen LogP contribution is 2.07. The Labute approximate surface area is 109 Å². The SMILES string of the molecule is I.NC(N)=NCC(=O)Nc1ccc(F)cc1. The minimum Gasteiger partial charge on any atom is -0.370 e. The van der Waals surface area contributed by atoms with Crippen molar-refractivity contribution in [2.24, 2.45) is 16.5 Å². The minimum absolute atomic E-state index is 0. The Kier molecular flexibility index (Phi) is 6.38. The molecule has 88 valence electrons. The van der Waals surface area contributed by atoms with E-state index in [1.807, 2.05) is 0 Å². The van der Waals surface area contributed by atoms with Crippen molar-refractivity contribution in [3.63, 3.8) is 0 Å². The molecule has 0 radical (unpaired) electrons. The Bertz CT molecular complexity index is 376. The zero-order chi connectivity index (χ0) is 11.3. The molecule has 1 rings (SSSR count). The zero-order valence-electron chi connectivity index (χ0n) is 8.31. The van der Waals surface area contributed by atoms with Crippen LogP contribution in [0.15, 0.2) is 29.3 Å². The van der Waals surface area contributed by atoms with Gasteiger partial charge in [-0.1, -0.05) is 0 Å². The summed E-state index contributed by atoms with van der Waals surface area (Å²) in [6, 6.07) is 5.39. The predicted molar refractivity (Wildman–Crippen MR) is 71.1 cm³/mol. The number of aliphatic imine (C=N–C) groups is 1. The number of nitrogens with zero attached hydrogens (tertiary/aromatic N) is 1. The van der Waals surface area contributed by atoms with E-state index < -0.39 is 0 Å². The third kappa shape index (κ3) is 5.49. The molecule has 5 N–H and O–H groups in total. The molecule has 7 heteroatoms. The number of carbonyl (C=O) groups is 1. The fourth-order valence-electron chi connectivity index (χ4n) is 0.897. The van der Waals surface area contributed by atoms with E-state index >= 15 is 0 Å². The van der Waals surface area contributed by atoms with Crippen molar-refractivity contribution in [2.45, 2.75) is 0 Å². The quantitative estimate of drug-likeness (QED) is 0.429. The molecule has 0 aliphatic carbocycles. The van der Waals surface area contributed by atoms with Gasteiger partial charge in [0, 0.05) is 5.69 Å². The fraction of sp³-hybridized carbons (Fsp3) is 0.111. The summed E-state index contributed by atoms with van der Waals surface area (Å²) in [5.41, 5.74) is 10.6. The van der Waals surface area contributed by atoms with Gasteiger partial charge >= 0.3 is 0 Å². The van der Waals surface area contributed by atoms with Crippen LogP contribution in [-0.2, 0) is 4.79 Å². The van der Waals surface area contributed by atoms with Crippen LogP contribution >= 0.6 is 24.0 Å². The Morgan fingerprint density at radius 2 is 1.88 bits per heavy atom. The van der Waals surface area contributed by atoms with Crippen LogP contribution in [0.2, 0.25) is 0 Å². The summed E-state index contributed by atoms with van der Waals surface area (Å²) in [6.45, 7) is -0.153. The first-order chi connectivity index (χ1) is 7.08. The molecule has 5 nitrogen and oxygen atoms in total. The summed E-state index contributed by atoms with van der Waals surface area (Å²) in [4.78, 5) is 14.7. The molecule has 1 amide bonds. The van der Waals surface area contributed by atoms with Gasteiger partial charge in [0.15, 0.2) is 5.96 Å². The maximum absolute atomic E-state index is 12.5. The second-order valence-electron chi connectivity index (χ2n) is 2.80. The average molecular weight is 338 g/mol. The van der Waals surface area contributed by atoms with Gasteiger partial charge in [0.1, 0.15) is 12.4 Å². The highest BCUT2D eigenvalue weighted by molar-refractivity contribution is 14.0. The summed E-state index contributed by atoms with van der Waals surface area (Å²) >= 11 is 0. The molecule has 0 aliphatic rings.